The van der Waals surface area contributed by atoms with Crippen LogP contribution in [0.15, 0.2) is 30.5 Å². The molecule has 0 atom stereocenters. The summed E-state index contributed by atoms with van der Waals surface area (Å²) in [6.45, 7) is 4.08. The molecule has 94 valence electrons. The highest BCUT2D eigenvalue weighted by Crippen LogP contribution is 2.19. The van der Waals surface area contributed by atoms with Gasteiger partial charge in [0.15, 0.2) is 0 Å². The van der Waals surface area contributed by atoms with Crippen LogP contribution in [0.2, 0.25) is 0 Å². The molecular weight excluding hydrogens is 226 g/mol. The smallest absolute Gasteiger partial charge is 0.239 e. The highest BCUT2D eigenvalue weighted by Gasteiger charge is 2.03. The Kier molecular flexibility index (Phi) is 3.74. The summed E-state index contributed by atoms with van der Waals surface area (Å²) < 4.78 is 0. The predicted octanol–water partition coefficient (Wildman–Crippen LogP) is 2.38. The number of hydrogen-bond acceptors (Lipinski definition) is 5. The van der Waals surface area contributed by atoms with E-state index in [-0.39, 0.29) is 0 Å². The van der Waals surface area contributed by atoms with Crippen LogP contribution in [-0.4, -0.2) is 9.97 Å². The van der Waals surface area contributed by atoms with E-state index in [9.17, 15) is 0 Å². The fraction of sp³-hybridized carbons (Fsp3) is 0.231. The van der Waals surface area contributed by atoms with Gasteiger partial charge in [-0.3, -0.25) is 5.43 Å². The van der Waals surface area contributed by atoms with E-state index in [0.29, 0.717) is 5.95 Å². The van der Waals surface area contributed by atoms with Gasteiger partial charge in [0.2, 0.25) is 5.95 Å². The van der Waals surface area contributed by atoms with Crippen molar-refractivity contribution in [2.45, 2.75) is 20.3 Å². The van der Waals surface area contributed by atoms with Gasteiger partial charge in [-0.15, -0.1) is 0 Å². The minimum Gasteiger partial charge on any atom is -0.340 e. The van der Waals surface area contributed by atoms with Crippen LogP contribution in [0.25, 0.3) is 0 Å². The van der Waals surface area contributed by atoms with Gasteiger partial charge in [-0.1, -0.05) is 19.1 Å². The number of nitrogens with zero attached hydrogens (tertiary/aromatic N) is 2. The van der Waals surface area contributed by atoms with Gasteiger partial charge in [0, 0.05) is 17.4 Å². The number of anilines is 3. The van der Waals surface area contributed by atoms with Crippen molar-refractivity contribution < 1.29 is 0 Å². The van der Waals surface area contributed by atoms with Crippen LogP contribution in [0.3, 0.4) is 0 Å². The van der Waals surface area contributed by atoms with Crippen LogP contribution in [0.1, 0.15) is 18.1 Å². The number of hydrazine groups is 1. The summed E-state index contributed by atoms with van der Waals surface area (Å²) in [5.74, 6) is 6.46. The van der Waals surface area contributed by atoms with Gasteiger partial charge in [-0.2, -0.15) is 4.98 Å². The van der Waals surface area contributed by atoms with Gasteiger partial charge < -0.3 is 5.32 Å². The molecule has 0 aliphatic rings. The third-order valence-electron chi connectivity index (χ3n) is 2.70. The van der Waals surface area contributed by atoms with E-state index in [1.165, 1.54) is 5.56 Å². The highest BCUT2D eigenvalue weighted by atomic mass is 15.3. The molecule has 0 saturated heterocycles. The van der Waals surface area contributed by atoms with Crippen LogP contribution in [0, 0.1) is 6.92 Å². The van der Waals surface area contributed by atoms with Crippen molar-refractivity contribution in [3.63, 3.8) is 0 Å². The maximum Gasteiger partial charge on any atom is 0.239 e. The molecule has 1 heterocycles. The quantitative estimate of drug-likeness (QED) is 0.568. The Morgan fingerprint density at radius 3 is 2.89 bits per heavy atom. The Hall–Kier alpha value is -2.14. The first-order valence-corrected chi connectivity index (χ1v) is 5.89. The number of rotatable bonds is 4. The zero-order chi connectivity index (χ0) is 13.0. The van der Waals surface area contributed by atoms with Gasteiger partial charge in [-0.25, -0.2) is 10.8 Å². The van der Waals surface area contributed by atoms with Crippen molar-refractivity contribution in [3.8, 4) is 0 Å². The molecular formula is C13H17N5. The molecule has 2 aromatic rings. The lowest BCUT2D eigenvalue weighted by atomic mass is 10.1. The minimum absolute atomic E-state index is 0.398. The first kappa shape index (κ1) is 12.3. The molecule has 0 aliphatic carbocycles. The van der Waals surface area contributed by atoms with Crippen LogP contribution in [0.5, 0.6) is 0 Å². The van der Waals surface area contributed by atoms with Gasteiger partial charge in [-0.05, 0) is 31.0 Å². The van der Waals surface area contributed by atoms with Crippen molar-refractivity contribution >= 4 is 17.5 Å². The topological polar surface area (TPSA) is 75.9 Å². The average molecular weight is 243 g/mol. The van der Waals surface area contributed by atoms with Gasteiger partial charge >= 0.3 is 0 Å². The summed E-state index contributed by atoms with van der Waals surface area (Å²) in [7, 11) is 0. The van der Waals surface area contributed by atoms with Gasteiger partial charge in [0.1, 0.15) is 5.82 Å². The Morgan fingerprint density at radius 2 is 2.17 bits per heavy atom. The summed E-state index contributed by atoms with van der Waals surface area (Å²) in [5, 5.41) is 3.27. The standard InChI is InChI=1S/C13H17N5/c1-3-10-5-4-6-11(7-10)16-12-9(2)8-15-13(17-12)18-14/h4-8H,3,14H2,1-2H3,(H2,15,16,17,18). The van der Waals surface area contributed by atoms with Gasteiger partial charge in [0.05, 0.1) is 0 Å². The first-order chi connectivity index (χ1) is 8.72. The van der Waals surface area contributed by atoms with E-state index < -0.39 is 0 Å². The normalized spacial score (nSPS) is 10.2. The summed E-state index contributed by atoms with van der Waals surface area (Å²) in [4.78, 5) is 8.33. The molecule has 0 amide bonds. The lowest BCUT2D eigenvalue weighted by Crippen LogP contribution is -2.11. The van der Waals surface area contributed by atoms with Crippen molar-refractivity contribution in [2.75, 3.05) is 10.7 Å². The van der Waals surface area contributed by atoms with Crippen LogP contribution >= 0.6 is 0 Å². The Balaban J connectivity index is 2.27. The lowest BCUT2D eigenvalue weighted by molar-refractivity contribution is 1.09. The van der Waals surface area contributed by atoms with Crippen molar-refractivity contribution in [3.05, 3.63) is 41.6 Å². The zero-order valence-corrected chi connectivity index (χ0v) is 10.6. The molecule has 5 nitrogen and oxygen atoms in total. The Bertz CT molecular complexity index is 539. The van der Waals surface area contributed by atoms with Crippen LogP contribution in [0.4, 0.5) is 17.5 Å². The Morgan fingerprint density at radius 1 is 1.33 bits per heavy atom. The number of nitrogens with two attached hydrogens (primary N) is 1. The van der Waals surface area contributed by atoms with Crippen molar-refractivity contribution in [1.82, 2.24) is 9.97 Å². The number of benzene rings is 1. The summed E-state index contributed by atoms with van der Waals surface area (Å²) in [5.41, 5.74) is 5.70. The molecule has 0 bridgehead atoms. The van der Waals surface area contributed by atoms with E-state index in [1.807, 2.05) is 19.1 Å². The van der Waals surface area contributed by atoms with Crippen LogP contribution in [-0.2, 0) is 6.42 Å². The molecule has 4 N–H and O–H groups in total. The third kappa shape index (κ3) is 2.75. The molecule has 1 aromatic heterocycles. The molecule has 0 fully saturated rings. The van der Waals surface area contributed by atoms with Crippen molar-refractivity contribution in [2.24, 2.45) is 5.84 Å². The number of hydrogen-bond donors (Lipinski definition) is 3. The third-order valence-corrected chi connectivity index (χ3v) is 2.70. The summed E-state index contributed by atoms with van der Waals surface area (Å²) in [6.07, 6.45) is 2.74. The van der Waals surface area contributed by atoms with E-state index in [0.717, 1.165) is 23.5 Å². The fourth-order valence-electron chi connectivity index (χ4n) is 1.64. The molecule has 0 aliphatic heterocycles. The number of nitrogen functional groups attached to an aromatic ring is 1. The number of aromatic nitrogens is 2. The van der Waals surface area contributed by atoms with Crippen LogP contribution < -0.4 is 16.6 Å². The average Bonchev–Trinajstić information content (AvgIpc) is 2.41. The summed E-state index contributed by atoms with van der Waals surface area (Å²) in [6, 6.07) is 8.25. The molecule has 1 aromatic carbocycles. The number of nitrogens with one attached hydrogen (secondary N) is 2. The fourth-order valence-corrected chi connectivity index (χ4v) is 1.64. The maximum absolute atomic E-state index is 5.31. The second-order valence-corrected chi connectivity index (χ2v) is 4.05. The molecule has 2 rings (SSSR count). The second-order valence-electron chi connectivity index (χ2n) is 4.05. The predicted molar refractivity (Wildman–Crippen MR) is 73.7 cm³/mol. The molecule has 0 spiro atoms. The molecule has 18 heavy (non-hydrogen) atoms. The van der Waals surface area contributed by atoms with Crippen molar-refractivity contribution in [1.29, 1.82) is 0 Å². The van der Waals surface area contributed by atoms with E-state index in [1.54, 1.807) is 6.20 Å². The molecule has 5 heteroatoms. The minimum atomic E-state index is 0.398. The Labute approximate surface area is 106 Å². The number of aryl methyl sites for hydroxylation is 2. The largest absolute Gasteiger partial charge is 0.340 e. The van der Waals surface area contributed by atoms with E-state index >= 15 is 0 Å². The molecule has 0 unspecified atom stereocenters. The highest BCUT2D eigenvalue weighted by molar-refractivity contribution is 5.60. The first-order valence-electron chi connectivity index (χ1n) is 5.89. The van der Waals surface area contributed by atoms with Gasteiger partial charge in [0.25, 0.3) is 0 Å². The zero-order valence-electron chi connectivity index (χ0n) is 10.6. The SMILES string of the molecule is CCc1cccc(Nc2nc(NN)ncc2C)c1. The monoisotopic (exact) mass is 243 g/mol. The van der Waals surface area contributed by atoms with E-state index in [4.69, 9.17) is 5.84 Å². The lowest BCUT2D eigenvalue weighted by Gasteiger charge is -2.10. The summed E-state index contributed by atoms with van der Waals surface area (Å²) >= 11 is 0. The second kappa shape index (κ2) is 5.46. The molecule has 0 radical (unpaired) electrons. The maximum atomic E-state index is 5.31. The molecule has 0 saturated carbocycles. The van der Waals surface area contributed by atoms with E-state index in [2.05, 4.69) is 39.8 Å².